The molecular weight excluding hydrogens is 340 g/mol. The number of benzene rings is 1. The monoisotopic (exact) mass is 368 g/mol. The number of amides is 1. The molecule has 1 amide bonds. The lowest BCUT2D eigenvalue weighted by Gasteiger charge is -2.39. The quantitative estimate of drug-likeness (QED) is 0.833. The van der Waals surface area contributed by atoms with Crippen molar-refractivity contribution < 1.29 is 9.53 Å². The van der Waals surface area contributed by atoms with Gasteiger partial charge in [0.1, 0.15) is 5.69 Å². The van der Waals surface area contributed by atoms with Gasteiger partial charge in [0.15, 0.2) is 0 Å². The molecule has 0 N–H and O–H groups in total. The number of ether oxygens (including phenoxy) is 1. The van der Waals surface area contributed by atoms with Gasteiger partial charge in [-0.15, -0.1) is 0 Å². The smallest absolute Gasteiger partial charge is 0.272 e. The van der Waals surface area contributed by atoms with Crippen LogP contribution in [-0.2, 0) is 11.8 Å². The van der Waals surface area contributed by atoms with E-state index < -0.39 is 0 Å². The van der Waals surface area contributed by atoms with E-state index in [1.54, 1.807) is 16.9 Å². The van der Waals surface area contributed by atoms with Crippen molar-refractivity contribution in [2.45, 2.75) is 37.8 Å². The predicted molar refractivity (Wildman–Crippen MR) is 105 cm³/mol. The minimum absolute atomic E-state index is 0.0684. The Labute approximate surface area is 160 Å². The lowest BCUT2D eigenvalue weighted by atomic mass is 9.87. The molecule has 6 nitrogen and oxygen atoms in total. The topological polar surface area (TPSA) is 50.6 Å². The molecule has 0 bridgehead atoms. The Kier molecular flexibility index (Phi) is 4.91. The van der Waals surface area contributed by atoms with Gasteiger partial charge in [-0.2, -0.15) is 5.10 Å². The summed E-state index contributed by atoms with van der Waals surface area (Å²) in [4.78, 5) is 17.1. The maximum atomic E-state index is 12.7. The molecule has 2 aliphatic heterocycles. The number of anilines is 1. The number of rotatable bonds is 4. The zero-order chi connectivity index (χ0) is 18.9. The summed E-state index contributed by atoms with van der Waals surface area (Å²) in [6, 6.07) is 12.8. The molecule has 2 aliphatic rings. The predicted octanol–water partition coefficient (Wildman–Crippen LogP) is 2.71. The standard InChI is InChI=1S/C21H28N4O2/c1-3-25(17-7-5-4-6-8-17)18-15-21(27-16-18)10-13-24(14-11-21)20(26)19-9-12-22-23(19)2/h4-9,12,18H,3,10-11,13-16H2,1-2H3. The Balaban J connectivity index is 1.39. The van der Waals surface area contributed by atoms with Crippen molar-refractivity contribution in [3.8, 4) is 0 Å². The average molecular weight is 368 g/mol. The lowest BCUT2D eigenvalue weighted by Crippen LogP contribution is -2.47. The van der Waals surface area contributed by atoms with Gasteiger partial charge in [-0.05, 0) is 44.4 Å². The second kappa shape index (κ2) is 7.35. The fourth-order valence-corrected chi connectivity index (χ4v) is 4.50. The van der Waals surface area contributed by atoms with Crippen LogP contribution in [0.4, 0.5) is 5.69 Å². The van der Waals surface area contributed by atoms with E-state index >= 15 is 0 Å². The number of para-hydroxylation sites is 1. The summed E-state index contributed by atoms with van der Waals surface area (Å²) < 4.78 is 7.99. The third-order valence-electron chi connectivity index (χ3n) is 6.06. The first-order valence-corrected chi connectivity index (χ1v) is 9.85. The minimum Gasteiger partial charge on any atom is -0.373 e. The molecule has 3 heterocycles. The van der Waals surface area contributed by atoms with Crippen molar-refractivity contribution in [1.29, 1.82) is 0 Å². The number of carbonyl (C=O) groups is 1. The number of aryl methyl sites for hydroxylation is 1. The second-order valence-electron chi connectivity index (χ2n) is 7.61. The molecule has 0 aliphatic carbocycles. The van der Waals surface area contributed by atoms with Crippen LogP contribution >= 0.6 is 0 Å². The van der Waals surface area contributed by atoms with Crippen molar-refractivity contribution >= 4 is 11.6 Å². The Morgan fingerprint density at radius 1 is 1.26 bits per heavy atom. The summed E-state index contributed by atoms with van der Waals surface area (Å²) in [5.41, 5.74) is 1.82. The average Bonchev–Trinajstić information content (AvgIpc) is 3.30. The summed E-state index contributed by atoms with van der Waals surface area (Å²) in [7, 11) is 1.81. The number of likely N-dealkylation sites (tertiary alicyclic amines) is 1. The highest BCUT2D eigenvalue weighted by atomic mass is 16.5. The van der Waals surface area contributed by atoms with Gasteiger partial charge in [-0.1, -0.05) is 18.2 Å². The normalized spacial score (nSPS) is 21.6. The van der Waals surface area contributed by atoms with Crippen LogP contribution in [0.5, 0.6) is 0 Å². The van der Waals surface area contributed by atoms with Crippen molar-refractivity contribution in [3.63, 3.8) is 0 Å². The third-order valence-corrected chi connectivity index (χ3v) is 6.06. The van der Waals surface area contributed by atoms with E-state index in [9.17, 15) is 4.79 Å². The first-order chi connectivity index (χ1) is 13.1. The number of nitrogens with zero attached hydrogens (tertiary/aromatic N) is 4. The SMILES string of the molecule is CCN(c1ccccc1)C1COC2(CCN(C(=O)c3ccnn3C)CC2)C1. The van der Waals surface area contributed by atoms with Gasteiger partial charge in [-0.3, -0.25) is 9.48 Å². The van der Waals surface area contributed by atoms with Gasteiger partial charge in [0, 0.05) is 38.6 Å². The van der Waals surface area contributed by atoms with Crippen LogP contribution in [0.25, 0.3) is 0 Å². The van der Waals surface area contributed by atoms with E-state index in [1.165, 1.54) is 5.69 Å². The van der Waals surface area contributed by atoms with Gasteiger partial charge in [-0.25, -0.2) is 0 Å². The zero-order valence-corrected chi connectivity index (χ0v) is 16.2. The first kappa shape index (κ1) is 18.0. The van der Waals surface area contributed by atoms with Crippen molar-refractivity contribution in [2.75, 3.05) is 31.1 Å². The largest absolute Gasteiger partial charge is 0.373 e. The van der Waals surface area contributed by atoms with Crippen molar-refractivity contribution in [2.24, 2.45) is 7.05 Å². The highest BCUT2D eigenvalue weighted by Gasteiger charge is 2.45. The van der Waals surface area contributed by atoms with Gasteiger partial charge in [0.05, 0.1) is 18.2 Å². The van der Waals surface area contributed by atoms with Crippen molar-refractivity contribution in [3.05, 3.63) is 48.3 Å². The second-order valence-corrected chi connectivity index (χ2v) is 7.61. The fourth-order valence-electron chi connectivity index (χ4n) is 4.50. The summed E-state index contributed by atoms with van der Waals surface area (Å²) in [5, 5.41) is 4.11. The van der Waals surface area contributed by atoms with Gasteiger partial charge in [0.25, 0.3) is 5.91 Å². The lowest BCUT2D eigenvalue weighted by molar-refractivity contribution is -0.0390. The van der Waals surface area contributed by atoms with Gasteiger partial charge >= 0.3 is 0 Å². The highest BCUT2D eigenvalue weighted by Crippen LogP contribution is 2.39. The molecule has 1 aromatic heterocycles. The molecule has 2 saturated heterocycles. The van der Waals surface area contributed by atoms with Crippen LogP contribution in [0.15, 0.2) is 42.6 Å². The zero-order valence-electron chi connectivity index (χ0n) is 16.2. The summed E-state index contributed by atoms with van der Waals surface area (Å²) in [5.74, 6) is 0.0684. The van der Waals surface area contributed by atoms with E-state index in [0.717, 1.165) is 45.5 Å². The number of likely N-dealkylation sites (N-methyl/N-ethyl adjacent to an activating group) is 1. The molecule has 4 rings (SSSR count). The van der Waals surface area contributed by atoms with E-state index in [1.807, 2.05) is 11.9 Å². The summed E-state index contributed by atoms with van der Waals surface area (Å²) >= 11 is 0. The van der Waals surface area contributed by atoms with E-state index in [4.69, 9.17) is 4.74 Å². The van der Waals surface area contributed by atoms with Gasteiger partial charge < -0.3 is 14.5 Å². The van der Waals surface area contributed by atoms with Crippen molar-refractivity contribution in [1.82, 2.24) is 14.7 Å². The summed E-state index contributed by atoms with van der Waals surface area (Å²) in [6.45, 7) is 5.42. The van der Waals surface area contributed by atoms with Crippen LogP contribution in [0.2, 0.25) is 0 Å². The van der Waals surface area contributed by atoms with Crippen LogP contribution < -0.4 is 4.90 Å². The molecule has 1 spiro atoms. The fraction of sp³-hybridized carbons (Fsp3) is 0.524. The molecule has 0 saturated carbocycles. The summed E-state index contributed by atoms with van der Waals surface area (Å²) in [6.07, 6.45) is 4.51. The van der Waals surface area contributed by atoms with Crippen LogP contribution in [-0.4, -0.2) is 58.5 Å². The molecule has 6 heteroatoms. The molecule has 2 fully saturated rings. The molecule has 27 heavy (non-hydrogen) atoms. The molecular formula is C21H28N4O2. The molecule has 2 aromatic rings. The van der Waals surface area contributed by atoms with Crippen LogP contribution in [0.3, 0.4) is 0 Å². The van der Waals surface area contributed by atoms with Gasteiger partial charge in [0.2, 0.25) is 0 Å². The number of hydrogen-bond acceptors (Lipinski definition) is 4. The molecule has 1 aromatic carbocycles. The Hall–Kier alpha value is -2.34. The van der Waals surface area contributed by atoms with Crippen LogP contribution in [0, 0.1) is 0 Å². The Bertz CT molecular complexity index is 780. The number of piperidine rings is 1. The van der Waals surface area contributed by atoms with E-state index in [2.05, 4.69) is 47.3 Å². The first-order valence-electron chi connectivity index (χ1n) is 9.85. The van der Waals surface area contributed by atoms with E-state index in [-0.39, 0.29) is 11.5 Å². The molecule has 1 unspecified atom stereocenters. The maximum absolute atomic E-state index is 12.7. The molecule has 0 radical (unpaired) electrons. The maximum Gasteiger partial charge on any atom is 0.272 e. The molecule has 1 atom stereocenters. The third kappa shape index (κ3) is 3.46. The number of carbonyl (C=O) groups excluding carboxylic acids is 1. The number of hydrogen-bond donors (Lipinski definition) is 0. The van der Waals surface area contributed by atoms with Crippen LogP contribution in [0.1, 0.15) is 36.7 Å². The number of aromatic nitrogens is 2. The minimum atomic E-state index is -0.0872. The molecule has 144 valence electrons. The Morgan fingerprint density at radius 2 is 2.00 bits per heavy atom. The highest BCUT2D eigenvalue weighted by molar-refractivity contribution is 5.92. The van der Waals surface area contributed by atoms with E-state index in [0.29, 0.717) is 11.7 Å². The Morgan fingerprint density at radius 3 is 2.63 bits per heavy atom.